The highest BCUT2D eigenvalue weighted by Crippen LogP contribution is 2.17. The van der Waals surface area contributed by atoms with Crippen LogP contribution in [0.3, 0.4) is 0 Å². The fourth-order valence-corrected chi connectivity index (χ4v) is 2.25. The summed E-state index contributed by atoms with van der Waals surface area (Å²) in [7, 11) is 0. The second kappa shape index (κ2) is 6.33. The van der Waals surface area contributed by atoms with Crippen LogP contribution in [0.15, 0.2) is 18.3 Å². The van der Waals surface area contributed by atoms with Gasteiger partial charge in [0.25, 0.3) is 5.91 Å². The summed E-state index contributed by atoms with van der Waals surface area (Å²) in [5.74, 6) is -0.441. The number of carbonyl (C=O) groups is 2. The van der Waals surface area contributed by atoms with E-state index < -0.39 is 5.91 Å². The Balaban J connectivity index is 1.98. The van der Waals surface area contributed by atoms with Crippen molar-refractivity contribution in [2.75, 3.05) is 37.6 Å². The van der Waals surface area contributed by atoms with Gasteiger partial charge in [-0.25, -0.2) is 0 Å². The van der Waals surface area contributed by atoms with Crippen molar-refractivity contribution in [1.29, 1.82) is 0 Å². The van der Waals surface area contributed by atoms with Crippen LogP contribution in [0, 0.1) is 0 Å². The molecule has 1 aliphatic heterocycles. The molecule has 1 aromatic heterocycles. The summed E-state index contributed by atoms with van der Waals surface area (Å²) >= 11 is 0. The van der Waals surface area contributed by atoms with Crippen molar-refractivity contribution in [2.45, 2.75) is 6.42 Å². The zero-order valence-corrected chi connectivity index (χ0v) is 11.3. The normalized spacial score (nSPS) is 15.2. The predicted octanol–water partition coefficient (Wildman–Crippen LogP) is -0.822. The molecule has 1 fully saturated rings. The van der Waals surface area contributed by atoms with E-state index in [-0.39, 0.29) is 11.6 Å². The molecule has 7 nitrogen and oxygen atoms in total. The van der Waals surface area contributed by atoms with E-state index in [1.54, 1.807) is 12.3 Å². The number of nitrogens with zero attached hydrogens (tertiary/aromatic N) is 3. The Bertz CT molecular complexity index is 497. The molecule has 7 heteroatoms. The maximum atomic E-state index is 11.7. The van der Waals surface area contributed by atoms with Crippen LogP contribution in [-0.2, 0) is 4.79 Å². The Hall–Kier alpha value is -2.15. The van der Waals surface area contributed by atoms with Crippen molar-refractivity contribution in [3.63, 3.8) is 0 Å². The molecule has 1 saturated heterocycles. The second-order valence-electron chi connectivity index (χ2n) is 4.67. The quantitative estimate of drug-likeness (QED) is 0.748. The molecular weight excluding hydrogens is 258 g/mol. The van der Waals surface area contributed by atoms with E-state index in [0.29, 0.717) is 26.1 Å². The number of pyridine rings is 1. The van der Waals surface area contributed by atoms with Gasteiger partial charge in [0, 0.05) is 51.0 Å². The highest BCUT2D eigenvalue weighted by atomic mass is 16.2. The lowest BCUT2D eigenvalue weighted by Crippen LogP contribution is -2.49. The second-order valence-corrected chi connectivity index (χ2v) is 4.67. The van der Waals surface area contributed by atoms with E-state index in [2.05, 4.69) is 9.88 Å². The lowest BCUT2D eigenvalue weighted by atomic mass is 10.2. The maximum Gasteiger partial charge on any atom is 0.267 e. The number of amides is 2. The fraction of sp³-hybridized carbons (Fsp3) is 0.462. The van der Waals surface area contributed by atoms with Crippen molar-refractivity contribution in [2.24, 2.45) is 11.5 Å². The summed E-state index contributed by atoms with van der Waals surface area (Å²) in [4.78, 5) is 30.7. The van der Waals surface area contributed by atoms with E-state index in [1.807, 2.05) is 11.0 Å². The monoisotopic (exact) mass is 277 g/mol. The third kappa shape index (κ3) is 3.24. The molecule has 0 spiro atoms. The summed E-state index contributed by atoms with van der Waals surface area (Å²) in [6, 6.07) is 3.52. The molecule has 20 heavy (non-hydrogen) atoms. The van der Waals surface area contributed by atoms with Gasteiger partial charge in [-0.15, -0.1) is 0 Å². The minimum Gasteiger partial charge on any atom is -0.368 e. The smallest absolute Gasteiger partial charge is 0.267 e. The summed E-state index contributed by atoms with van der Waals surface area (Å²) in [6.45, 7) is 3.14. The topological polar surface area (TPSA) is 106 Å². The summed E-state index contributed by atoms with van der Waals surface area (Å²) in [5.41, 5.74) is 11.8. The minimum absolute atomic E-state index is 0.0969. The first-order valence-corrected chi connectivity index (χ1v) is 6.60. The van der Waals surface area contributed by atoms with Crippen LogP contribution in [0.4, 0.5) is 5.69 Å². The summed E-state index contributed by atoms with van der Waals surface area (Å²) in [5, 5.41) is 0. The number of nitrogens with two attached hydrogens (primary N) is 2. The first kappa shape index (κ1) is 14.3. The fourth-order valence-electron chi connectivity index (χ4n) is 2.25. The molecule has 4 N–H and O–H groups in total. The van der Waals surface area contributed by atoms with Gasteiger partial charge >= 0.3 is 0 Å². The molecule has 2 heterocycles. The Morgan fingerprint density at radius 3 is 2.55 bits per heavy atom. The molecular formula is C13H19N5O2. The van der Waals surface area contributed by atoms with Crippen molar-refractivity contribution in [1.82, 2.24) is 9.88 Å². The Morgan fingerprint density at radius 1 is 1.25 bits per heavy atom. The predicted molar refractivity (Wildman–Crippen MR) is 75.2 cm³/mol. The van der Waals surface area contributed by atoms with Gasteiger partial charge in [-0.3, -0.25) is 14.6 Å². The number of anilines is 1. The van der Waals surface area contributed by atoms with Crippen LogP contribution >= 0.6 is 0 Å². The number of carbonyl (C=O) groups excluding carboxylic acids is 2. The molecule has 0 radical (unpaired) electrons. The molecule has 0 atom stereocenters. The zero-order valence-electron chi connectivity index (χ0n) is 11.3. The average molecular weight is 277 g/mol. The van der Waals surface area contributed by atoms with Crippen molar-refractivity contribution in [3.8, 4) is 0 Å². The molecule has 0 aromatic carbocycles. The summed E-state index contributed by atoms with van der Waals surface area (Å²) in [6.07, 6.45) is 1.96. The van der Waals surface area contributed by atoms with E-state index in [0.717, 1.165) is 18.8 Å². The lowest BCUT2D eigenvalue weighted by Gasteiger charge is -2.36. The van der Waals surface area contributed by atoms with Crippen LogP contribution < -0.4 is 16.4 Å². The lowest BCUT2D eigenvalue weighted by molar-refractivity contribution is -0.131. The van der Waals surface area contributed by atoms with Gasteiger partial charge < -0.3 is 21.3 Å². The Labute approximate surface area is 117 Å². The van der Waals surface area contributed by atoms with Gasteiger partial charge in [0.05, 0.1) is 0 Å². The molecule has 0 bridgehead atoms. The molecule has 108 valence electrons. The van der Waals surface area contributed by atoms with Gasteiger partial charge in [0.2, 0.25) is 5.91 Å². The molecule has 2 amide bonds. The molecule has 2 rings (SSSR count). The molecule has 0 saturated carbocycles. The molecule has 1 aliphatic rings. The standard InChI is InChI=1S/C13H19N5O2/c14-3-1-12(19)18-7-5-17(6-8-18)10-2-4-16-11(9-10)13(15)20/h2,4,9H,1,3,5-8,14H2,(H2,15,20). The number of hydrogen-bond acceptors (Lipinski definition) is 5. The number of aromatic nitrogens is 1. The number of primary amides is 1. The van der Waals surface area contributed by atoms with E-state index in [9.17, 15) is 9.59 Å². The van der Waals surface area contributed by atoms with Gasteiger partial charge in [0.15, 0.2) is 0 Å². The molecule has 0 aliphatic carbocycles. The van der Waals surface area contributed by atoms with Crippen LogP contribution in [-0.4, -0.2) is 54.4 Å². The molecule has 1 aromatic rings. The van der Waals surface area contributed by atoms with Crippen molar-refractivity contribution in [3.05, 3.63) is 24.0 Å². The molecule has 0 unspecified atom stereocenters. The Morgan fingerprint density at radius 2 is 1.95 bits per heavy atom. The summed E-state index contributed by atoms with van der Waals surface area (Å²) < 4.78 is 0. The van der Waals surface area contributed by atoms with Gasteiger partial charge in [0.1, 0.15) is 5.69 Å². The van der Waals surface area contributed by atoms with Crippen LogP contribution in [0.2, 0.25) is 0 Å². The number of hydrogen-bond donors (Lipinski definition) is 2. The average Bonchev–Trinajstić information content (AvgIpc) is 2.48. The maximum absolute atomic E-state index is 11.7. The highest BCUT2D eigenvalue weighted by molar-refractivity contribution is 5.91. The van der Waals surface area contributed by atoms with Crippen LogP contribution in [0.25, 0.3) is 0 Å². The SMILES string of the molecule is NCCC(=O)N1CCN(c2ccnc(C(N)=O)c2)CC1. The van der Waals surface area contributed by atoms with Gasteiger partial charge in [-0.05, 0) is 12.1 Å². The number of rotatable bonds is 4. The number of piperazine rings is 1. The zero-order chi connectivity index (χ0) is 14.5. The third-order valence-corrected chi connectivity index (χ3v) is 3.35. The highest BCUT2D eigenvalue weighted by Gasteiger charge is 2.21. The van der Waals surface area contributed by atoms with Gasteiger partial charge in [-0.1, -0.05) is 0 Å². The van der Waals surface area contributed by atoms with Crippen molar-refractivity contribution < 1.29 is 9.59 Å². The first-order chi connectivity index (χ1) is 9.61. The van der Waals surface area contributed by atoms with Crippen molar-refractivity contribution >= 4 is 17.5 Å². The third-order valence-electron chi connectivity index (χ3n) is 3.35. The van der Waals surface area contributed by atoms with E-state index in [4.69, 9.17) is 11.5 Å². The van der Waals surface area contributed by atoms with Crippen LogP contribution in [0.1, 0.15) is 16.9 Å². The van der Waals surface area contributed by atoms with E-state index >= 15 is 0 Å². The largest absolute Gasteiger partial charge is 0.368 e. The van der Waals surface area contributed by atoms with Crippen LogP contribution in [0.5, 0.6) is 0 Å². The van der Waals surface area contributed by atoms with E-state index in [1.165, 1.54) is 0 Å². The van der Waals surface area contributed by atoms with Gasteiger partial charge in [-0.2, -0.15) is 0 Å². The minimum atomic E-state index is -0.538. The first-order valence-electron chi connectivity index (χ1n) is 6.60. The Kier molecular flexibility index (Phi) is 4.52.